The van der Waals surface area contributed by atoms with Gasteiger partial charge in [-0.25, -0.2) is 0 Å². The summed E-state index contributed by atoms with van der Waals surface area (Å²) in [6.07, 6.45) is 1.70. The lowest BCUT2D eigenvalue weighted by Gasteiger charge is -2.23. The molecule has 1 aliphatic carbocycles. The van der Waals surface area contributed by atoms with Crippen molar-refractivity contribution in [3.05, 3.63) is 23.8 Å². The van der Waals surface area contributed by atoms with Gasteiger partial charge >= 0.3 is 0 Å². The van der Waals surface area contributed by atoms with E-state index in [-0.39, 0.29) is 11.7 Å². The zero-order valence-corrected chi connectivity index (χ0v) is 7.50. The van der Waals surface area contributed by atoms with Crippen LogP contribution in [-0.4, -0.2) is 17.0 Å². The third-order valence-corrected chi connectivity index (χ3v) is 2.31. The molecule has 0 fully saturated rings. The Morgan fingerprint density at radius 3 is 2.83 bits per heavy atom. The number of ketones is 1. The van der Waals surface area contributed by atoms with Gasteiger partial charge < -0.3 is 5.11 Å². The number of rotatable bonds is 1. The molecule has 0 aromatic rings. The number of aliphatic hydroxyl groups excluding tert-OH is 1. The second-order valence-corrected chi connectivity index (χ2v) is 3.39. The first-order valence-corrected chi connectivity index (χ1v) is 4.08. The van der Waals surface area contributed by atoms with Crippen molar-refractivity contribution >= 4 is 5.78 Å². The first-order chi connectivity index (χ1) is 5.54. The molecule has 0 saturated heterocycles. The summed E-state index contributed by atoms with van der Waals surface area (Å²) < 4.78 is 0. The Bertz CT molecular complexity index is 251. The van der Waals surface area contributed by atoms with Gasteiger partial charge in [0.15, 0.2) is 5.78 Å². The van der Waals surface area contributed by atoms with Gasteiger partial charge in [-0.05, 0) is 25.8 Å². The SMILES string of the molecule is C=C(C)[C@H]1CC=C(C)[C@H](O)C1=O. The van der Waals surface area contributed by atoms with Gasteiger partial charge in [0.25, 0.3) is 0 Å². The fraction of sp³-hybridized carbons (Fsp3) is 0.500. The van der Waals surface area contributed by atoms with Gasteiger partial charge in [-0.2, -0.15) is 0 Å². The zero-order chi connectivity index (χ0) is 9.30. The van der Waals surface area contributed by atoms with Crippen LogP contribution in [0.2, 0.25) is 0 Å². The van der Waals surface area contributed by atoms with Crippen LogP contribution in [-0.2, 0) is 4.79 Å². The smallest absolute Gasteiger partial charge is 0.172 e. The van der Waals surface area contributed by atoms with Crippen molar-refractivity contribution < 1.29 is 9.90 Å². The predicted molar refractivity (Wildman–Crippen MR) is 47.7 cm³/mol. The zero-order valence-electron chi connectivity index (χ0n) is 7.50. The maximum Gasteiger partial charge on any atom is 0.172 e. The predicted octanol–water partition coefficient (Wildman–Crippen LogP) is 1.46. The van der Waals surface area contributed by atoms with Crippen LogP contribution in [0, 0.1) is 5.92 Å². The highest BCUT2D eigenvalue weighted by molar-refractivity contribution is 5.91. The summed E-state index contributed by atoms with van der Waals surface area (Å²) in [6.45, 7) is 7.33. The monoisotopic (exact) mass is 166 g/mol. The molecular formula is C10H14O2. The third kappa shape index (κ3) is 1.48. The van der Waals surface area contributed by atoms with E-state index >= 15 is 0 Å². The van der Waals surface area contributed by atoms with Crippen LogP contribution in [0.15, 0.2) is 23.8 Å². The lowest BCUT2D eigenvalue weighted by Crippen LogP contribution is -2.32. The fourth-order valence-corrected chi connectivity index (χ4v) is 1.39. The van der Waals surface area contributed by atoms with Crippen LogP contribution in [0.4, 0.5) is 0 Å². The Morgan fingerprint density at radius 2 is 2.33 bits per heavy atom. The lowest BCUT2D eigenvalue weighted by molar-refractivity contribution is -0.128. The van der Waals surface area contributed by atoms with Gasteiger partial charge in [-0.1, -0.05) is 18.2 Å². The van der Waals surface area contributed by atoms with E-state index in [1.807, 2.05) is 13.0 Å². The molecule has 0 aromatic carbocycles. The summed E-state index contributed by atoms with van der Waals surface area (Å²) in [6, 6.07) is 0. The van der Waals surface area contributed by atoms with E-state index in [1.165, 1.54) is 0 Å². The topological polar surface area (TPSA) is 37.3 Å². The van der Waals surface area contributed by atoms with Crippen molar-refractivity contribution in [2.24, 2.45) is 5.92 Å². The van der Waals surface area contributed by atoms with E-state index in [2.05, 4.69) is 6.58 Å². The summed E-state index contributed by atoms with van der Waals surface area (Å²) in [5.74, 6) is -0.286. The summed E-state index contributed by atoms with van der Waals surface area (Å²) in [4.78, 5) is 11.4. The van der Waals surface area contributed by atoms with E-state index in [0.29, 0.717) is 6.42 Å². The average Bonchev–Trinajstić information content (AvgIpc) is 2.00. The average molecular weight is 166 g/mol. The molecule has 0 saturated carbocycles. The first-order valence-electron chi connectivity index (χ1n) is 4.08. The highest BCUT2D eigenvalue weighted by Crippen LogP contribution is 2.25. The molecule has 0 radical (unpaired) electrons. The molecule has 12 heavy (non-hydrogen) atoms. The number of hydrogen-bond acceptors (Lipinski definition) is 2. The highest BCUT2D eigenvalue weighted by atomic mass is 16.3. The molecule has 0 aromatic heterocycles. The molecule has 0 heterocycles. The van der Waals surface area contributed by atoms with Crippen LogP contribution in [0.5, 0.6) is 0 Å². The van der Waals surface area contributed by atoms with Gasteiger partial charge in [0, 0.05) is 5.92 Å². The van der Waals surface area contributed by atoms with Gasteiger partial charge in [0.05, 0.1) is 0 Å². The van der Waals surface area contributed by atoms with Crippen LogP contribution < -0.4 is 0 Å². The molecule has 0 spiro atoms. The van der Waals surface area contributed by atoms with Gasteiger partial charge in [-0.15, -0.1) is 0 Å². The van der Waals surface area contributed by atoms with Gasteiger partial charge in [0.1, 0.15) is 6.10 Å². The van der Waals surface area contributed by atoms with Crippen molar-refractivity contribution in [3.8, 4) is 0 Å². The summed E-state index contributed by atoms with van der Waals surface area (Å²) in [5.41, 5.74) is 1.60. The van der Waals surface area contributed by atoms with E-state index < -0.39 is 6.10 Å². The molecule has 1 aliphatic rings. The Hall–Kier alpha value is -0.890. The molecule has 0 bridgehead atoms. The standard InChI is InChI=1S/C10H14O2/c1-6(2)8-5-4-7(3)9(11)10(8)12/h4,8-9,11H,1,5H2,2-3H3/t8-,9+/m1/s1. The second kappa shape index (κ2) is 3.23. The van der Waals surface area contributed by atoms with Crippen LogP contribution in [0.1, 0.15) is 20.3 Å². The highest BCUT2D eigenvalue weighted by Gasteiger charge is 2.29. The summed E-state index contributed by atoms with van der Waals surface area (Å²) in [5, 5.41) is 9.41. The second-order valence-electron chi connectivity index (χ2n) is 3.39. The fourth-order valence-electron chi connectivity index (χ4n) is 1.39. The van der Waals surface area contributed by atoms with Crippen molar-refractivity contribution in [1.82, 2.24) is 0 Å². The minimum absolute atomic E-state index is 0.109. The van der Waals surface area contributed by atoms with Crippen molar-refractivity contribution in [1.29, 1.82) is 0 Å². The van der Waals surface area contributed by atoms with Crippen molar-refractivity contribution in [2.75, 3.05) is 0 Å². The van der Waals surface area contributed by atoms with E-state index in [4.69, 9.17) is 0 Å². The lowest BCUT2D eigenvalue weighted by atomic mass is 9.83. The van der Waals surface area contributed by atoms with Crippen LogP contribution in [0.3, 0.4) is 0 Å². The molecule has 0 aliphatic heterocycles. The summed E-state index contributed by atoms with van der Waals surface area (Å²) in [7, 11) is 0. The Morgan fingerprint density at radius 1 is 1.75 bits per heavy atom. The Labute approximate surface area is 72.6 Å². The molecular weight excluding hydrogens is 152 g/mol. The Balaban J connectivity index is 2.87. The van der Waals surface area contributed by atoms with Crippen molar-refractivity contribution in [2.45, 2.75) is 26.4 Å². The molecule has 0 unspecified atom stereocenters. The normalized spacial score (nSPS) is 29.9. The maximum absolute atomic E-state index is 11.4. The molecule has 66 valence electrons. The van der Waals surface area contributed by atoms with E-state index in [1.54, 1.807) is 6.92 Å². The quantitative estimate of drug-likeness (QED) is 0.599. The van der Waals surface area contributed by atoms with E-state index in [0.717, 1.165) is 11.1 Å². The number of carbonyl (C=O) groups excluding carboxylic acids is 1. The number of aliphatic hydroxyl groups is 1. The van der Waals surface area contributed by atoms with Gasteiger partial charge in [0.2, 0.25) is 0 Å². The minimum atomic E-state index is -0.902. The number of allylic oxidation sites excluding steroid dienone is 2. The van der Waals surface area contributed by atoms with Crippen LogP contribution >= 0.6 is 0 Å². The molecule has 2 heteroatoms. The molecule has 2 nitrogen and oxygen atoms in total. The minimum Gasteiger partial charge on any atom is -0.381 e. The number of Topliss-reactive ketones (excluding diaryl/α,β-unsaturated/α-hetero) is 1. The summed E-state index contributed by atoms with van der Waals surface area (Å²) >= 11 is 0. The van der Waals surface area contributed by atoms with Gasteiger partial charge in [-0.3, -0.25) is 4.79 Å². The first kappa shape index (κ1) is 9.20. The third-order valence-electron chi connectivity index (χ3n) is 2.31. The number of carbonyl (C=O) groups is 1. The van der Waals surface area contributed by atoms with E-state index in [9.17, 15) is 9.90 Å². The maximum atomic E-state index is 11.4. The van der Waals surface area contributed by atoms with Crippen LogP contribution in [0.25, 0.3) is 0 Å². The molecule has 2 atom stereocenters. The molecule has 1 rings (SSSR count). The molecule has 0 amide bonds. The largest absolute Gasteiger partial charge is 0.381 e. The Kier molecular flexibility index (Phi) is 2.48. The molecule has 1 N–H and O–H groups in total. The van der Waals surface area contributed by atoms with Crippen molar-refractivity contribution in [3.63, 3.8) is 0 Å². The number of hydrogen-bond donors (Lipinski definition) is 1.